The number of aromatic nitrogens is 2. The van der Waals surface area contributed by atoms with Crippen LogP contribution in [-0.4, -0.2) is 10.2 Å². The molecule has 0 saturated heterocycles. The molecule has 4 heteroatoms. The molecular weight excluding hydrogens is 138 g/mol. The highest BCUT2D eigenvalue weighted by Crippen LogP contribution is 2.10. The van der Waals surface area contributed by atoms with Crippen molar-refractivity contribution in [2.75, 3.05) is 5.73 Å². The van der Waals surface area contributed by atoms with Gasteiger partial charge in [0, 0.05) is 0 Å². The van der Waals surface area contributed by atoms with Gasteiger partial charge in [-0.3, -0.25) is 0 Å². The maximum Gasteiger partial charge on any atom is 0.154 e. The second-order valence-corrected chi connectivity index (χ2v) is 2.10. The molecule has 0 saturated carbocycles. The highest BCUT2D eigenvalue weighted by molar-refractivity contribution is 6.30. The molecular formula is C5H6ClN3. The Morgan fingerprint density at radius 2 is 2.22 bits per heavy atom. The van der Waals surface area contributed by atoms with Gasteiger partial charge in [-0.25, -0.2) is 0 Å². The Labute approximate surface area is 57.8 Å². The van der Waals surface area contributed by atoms with Crippen molar-refractivity contribution in [1.82, 2.24) is 10.2 Å². The van der Waals surface area contributed by atoms with Gasteiger partial charge in [0.05, 0.1) is 0 Å². The lowest BCUT2D eigenvalue weighted by atomic mass is 10.3. The van der Waals surface area contributed by atoms with Crippen LogP contribution in [0.15, 0.2) is 6.07 Å². The number of nitrogen functional groups attached to an aromatic ring is 1. The van der Waals surface area contributed by atoms with Gasteiger partial charge in [0.15, 0.2) is 5.15 Å². The van der Waals surface area contributed by atoms with E-state index in [-0.39, 0.29) is 0 Å². The van der Waals surface area contributed by atoms with Crippen molar-refractivity contribution in [3.05, 3.63) is 16.8 Å². The van der Waals surface area contributed by atoms with Crippen molar-refractivity contribution in [3.8, 4) is 0 Å². The van der Waals surface area contributed by atoms with Gasteiger partial charge < -0.3 is 5.73 Å². The Morgan fingerprint density at radius 3 is 2.67 bits per heavy atom. The zero-order valence-electron chi connectivity index (χ0n) is 4.93. The van der Waals surface area contributed by atoms with Crippen molar-refractivity contribution in [2.45, 2.75) is 6.92 Å². The smallest absolute Gasteiger partial charge is 0.154 e. The van der Waals surface area contributed by atoms with E-state index in [4.69, 9.17) is 17.3 Å². The number of halogens is 1. The Morgan fingerprint density at radius 1 is 1.56 bits per heavy atom. The van der Waals surface area contributed by atoms with E-state index in [2.05, 4.69) is 10.2 Å². The summed E-state index contributed by atoms with van der Waals surface area (Å²) in [5.41, 5.74) is 6.15. The van der Waals surface area contributed by atoms with Crippen molar-refractivity contribution >= 4 is 17.4 Å². The normalized spacial score (nSPS) is 9.56. The maximum atomic E-state index is 5.55. The van der Waals surface area contributed by atoms with Crippen LogP contribution in [0.2, 0.25) is 5.15 Å². The molecule has 0 aliphatic heterocycles. The van der Waals surface area contributed by atoms with E-state index < -0.39 is 0 Å². The minimum atomic E-state index is 0.400. The molecule has 0 unspecified atom stereocenters. The first-order chi connectivity index (χ1) is 4.20. The second kappa shape index (κ2) is 2.19. The molecule has 3 nitrogen and oxygen atoms in total. The first-order valence-electron chi connectivity index (χ1n) is 2.45. The largest absolute Gasteiger partial charge is 0.382 e. The van der Waals surface area contributed by atoms with E-state index in [1.54, 1.807) is 6.07 Å². The summed E-state index contributed by atoms with van der Waals surface area (Å²) in [5, 5.41) is 7.51. The van der Waals surface area contributed by atoms with Crippen LogP contribution in [0.1, 0.15) is 5.56 Å². The molecule has 1 aromatic heterocycles. The summed E-state index contributed by atoms with van der Waals surface area (Å²) < 4.78 is 0. The van der Waals surface area contributed by atoms with Gasteiger partial charge in [-0.2, -0.15) is 0 Å². The van der Waals surface area contributed by atoms with E-state index in [1.165, 1.54) is 0 Å². The van der Waals surface area contributed by atoms with Crippen LogP contribution in [0.25, 0.3) is 0 Å². The lowest BCUT2D eigenvalue weighted by molar-refractivity contribution is 1.03. The molecule has 1 aromatic rings. The SMILES string of the molecule is Cc1cc(N)nnc1Cl. The summed E-state index contributed by atoms with van der Waals surface area (Å²) >= 11 is 5.55. The molecule has 0 spiro atoms. The minimum absolute atomic E-state index is 0.400. The predicted molar refractivity (Wildman–Crippen MR) is 36.2 cm³/mol. The number of nitrogens with two attached hydrogens (primary N) is 1. The molecule has 9 heavy (non-hydrogen) atoms. The summed E-state index contributed by atoms with van der Waals surface area (Å²) in [6.45, 7) is 1.83. The number of hydrogen-bond donors (Lipinski definition) is 1. The number of rotatable bonds is 0. The first-order valence-corrected chi connectivity index (χ1v) is 2.83. The van der Waals surface area contributed by atoms with Crippen LogP contribution in [0.5, 0.6) is 0 Å². The molecule has 0 bridgehead atoms. The average molecular weight is 144 g/mol. The van der Waals surface area contributed by atoms with Crippen molar-refractivity contribution in [1.29, 1.82) is 0 Å². The predicted octanol–water partition coefficient (Wildman–Crippen LogP) is 1.02. The molecule has 48 valence electrons. The third kappa shape index (κ3) is 1.29. The molecule has 0 atom stereocenters. The van der Waals surface area contributed by atoms with Gasteiger partial charge in [-0.1, -0.05) is 11.6 Å². The fraction of sp³-hybridized carbons (Fsp3) is 0.200. The lowest BCUT2D eigenvalue weighted by Gasteiger charge is -1.93. The summed E-state index contributed by atoms with van der Waals surface area (Å²) in [6.07, 6.45) is 0. The Balaban J connectivity index is 3.17. The molecule has 1 heterocycles. The Bertz CT molecular complexity index is 223. The lowest BCUT2D eigenvalue weighted by Crippen LogP contribution is -1.93. The summed E-state index contributed by atoms with van der Waals surface area (Å²) in [4.78, 5) is 0. The summed E-state index contributed by atoms with van der Waals surface area (Å²) in [7, 11) is 0. The topological polar surface area (TPSA) is 51.8 Å². The average Bonchev–Trinajstić information content (AvgIpc) is 1.80. The number of nitrogens with zero attached hydrogens (tertiary/aromatic N) is 2. The minimum Gasteiger partial charge on any atom is -0.382 e. The highest BCUT2D eigenvalue weighted by Gasteiger charge is 1.95. The fourth-order valence-electron chi connectivity index (χ4n) is 0.491. The van der Waals surface area contributed by atoms with Crippen LogP contribution in [-0.2, 0) is 0 Å². The van der Waals surface area contributed by atoms with Gasteiger partial charge >= 0.3 is 0 Å². The standard InChI is InChI=1S/C5H6ClN3/c1-3-2-4(7)8-9-5(3)6/h2H,1H3,(H2,7,8). The molecule has 0 amide bonds. The second-order valence-electron chi connectivity index (χ2n) is 1.74. The molecule has 0 aromatic carbocycles. The fourth-order valence-corrected chi connectivity index (χ4v) is 0.583. The molecule has 0 fully saturated rings. The molecule has 2 N–H and O–H groups in total. The Hall–Kier alpha value is -0.830. The number of aryl methyl sites for hydroxylation is 1. The summed E-state index contributed by atoms with van der Waals surface area (Å²) in [6, 6.07) is 1.68. The van der Waals surface area contributed by atoms with Crippen molar-refractivity contribution in [2.24, 2.45) is 0 Å². The van der Waals surface area contributed by atoms with E-state index >= 15 is 0 Å². The monoisotopic (exact) mass is 143 g/mol. The van der Waals surface area contributed by atoms with Gasteiger partial charge in [0.2, 0.25) is 0 Å². The van der Waals surface area contributed by atoms with E-state index in [0.717, 1.165) is 5.56 Å². The van der Waals surface area contributed by atoms with Crippen LogP contribution >= 0.6 is 11.6 Å². The summed E-state index contributed by atoms with van der Waals surface area (Å²) in [5.74, 6) is 0.400. The Kier molecular flexibility index (Phi) is 1.53. The molecule has 1 rings (SSSR count). The highest BCUT2D eigenvalue weighted by atomic mass is 35.5. The van der Waals surface area contributed by atoms with E-state index in [1.807, 2.05) is 6.92 Å². The zero-order valence-corrected chi connectivity index (χ0v) is 5.68. The van der Waals surface area contributed by atoms with Gasteiger partial charge in [0.25, 0.3) is 0 Å². The van der Waals surface area contributed by atoms with Crippen LogP contribution in [0, 0.1) is 6.92 Å². The molecule has 0 aliphatic rings. The number of hydrogen-bond acceptors (Lipinski definition) is 3. The first kappa shape index (κ1) is 6.29. The van der Waals surface area contributed by atoms with Crippen molar-refractivity contribution < 1.29 is 0 Å². The van der Waals surface area contributed by atoms with Gasteiger partial charge in [-0.15, -0.1) is 10.2 Å². The number of anilines is 1. The van der Waals surface area contributed by atoms with Crippen LogP contribution in [0.3, 0.4) is 0 Å². The quantitative estimate of drug-likeness (QED) is 0.590. The van der Waals surface area contributed by atoms with Crippen LogP contribution < -0.4 is 5.73 Å². The zero-order chi connectivity index (χ0) is 6.85. The van der Waals surface area contributed by atoms with Crippen LogP contribution in [0.4, 0.5) is 5.82 Å². The van der Waals surface area contributed by atoms with Gasteiger partial charge in [-0.05, 0) is 18.6 Å². The third-order valence-electron chi connectivity index (χ3n) is 0.943. The molecule has 0 aliphatic carbocycles. The third-order valence-corrected chi connectivity index (χ3v) is 1.32. The van der Waals surface area contributed by atoms with E-state index in [0.29, 0.717) is 11.0 Å². The maximum absolute atomic E-state index is 5.55. The van der Waals surface area contributed by atoms with E-state index in [9.17, 15) is 0 Å². The molecule has 0 radical (unpaired) electrons. The van der Waals surface area contributed by atoms with Gasteiger partial charge in [0.1, 0.15) is 5.82 Å². The van der Waals surface area contributed by atoms with Crippen molar-refractivity contribution in [3.63, 3.8) is 0 Å².